The molecule has 1 aromatic carbocycles. The number of carbonyl (C=O) groups is 1. The molecule has 0 spiro atoms. The van der Waals surface area contributed by atoms with Gasteiger partial charge >= 0.3 is 0 Å². The third-order valence-corrected chi connectivity index (χ3v) is 9.21. The van der Waals surface area contributed by atoms with Crippen LogP contribution in [0, 0.1) is 17.8 Å². The van der Waals surface area contributed by atoms with Gasteiger partial charge in [0.05, 0.1) is 16.8 Å². The molecule has 0 atom stereocenters. The van der Waals surface area contributed by atoms with E-state index in [0.29, 0.717) is 17.3 Å². The van der Waals surface area contributed by atoms with Gasteiger partial charge < -0.3 is 10.2 Å². The summed E-state index contributed by atoms with van der Waals surface area (Å²) in [5.74, 6) is -0.814. The van der Waals surface area contributed by atoms with Crippen molar-refractivity contribution in [3.8, 4) is 0 Å². The zero-order chi connectivity index (χ0) is 32.0. The number of aliphatic imine (C=N–C) groups is 1. The summed E-state index contributed by atoms with van der Waals surface area (Å²) in [7, 11) is 0. The van der Waals surface area contributed by atoms with Gasteiger partial charge in [-0.15, -0.1) is 0 Å². The lowest BCUT2D eigenvalue weighted by Gasteiger charge is -2.42. The Labute approximate surface area is 262 Å². The minimum absolute atomic E-state index is 0.0871. The van der Waals surface area contributed by atoms with Crippen LogP contribution in [-0.4, -0.2) is 23.1 Å². The maximum atomic E-state index is 14.3. The Hall–Kier alpha value is -3.61. The summed E-state index contributed by atoms with van der Waals surface area (Å²) >= 11 is 0. The van der Waals surface area contributed by atoms with Gasteiger partial charge in [-0.05, 0) is 98.4 Å². The van der Waals surface area contributed by atoms with Crippen LogP contribution in [0.25, 0.3) is 5.57 Å². The summed E-state index contributed by atoms with van der Waals surface area (Å²) in [4.78, 5) is 24.4. The standard InChI is InChI=1S/C37H48F2N4O/c1-8-12-27-21-29(22-27)43-33-23-28(13-14-30(33)37(17-9-2,18-10-3)36(43)44)24(5)20-32(40-19-11-4)25(6)26(7)41-31-15-16-34(38)42-35(31)39/h13-16,19-20,23,27,29,41H,5,8-12,17-18,21-22H2,1-4,6-7H3/b26-25+,32-20+,40-19?. The molecule has 2 heterocycles. The summed E-state index contributed by atoms with van der Waals surface area (Å²) < 4.78 is 27.6. The molecule has 1 aliphatic carbocycles. The Morgan fingerprint density at radius 2 is 1.80 bits per heavy atom. The molecular weight excluding hydrogens is 554 g/mol. The molecule has 1 amide bonds. The number of rotatable bonds is 14. The molecule has 1 aromatic heterocycles. The lowest BCUT2D eigenvalue weighted by Crippen LogP contribution is -2.50. The molecule has 2 aliphatic rings. The van der Waals surface area contributed by atoms with Gasteiger partial charge in [0.15, 0.2) is 0 Å². The molecule has 4 rings (SSSR count). The number of pyridine rings is 1. The molecule has 0 unspecified atom stereocenters. The first-order valence-electron chi connectivity index (χ1n) is 16.3. The van der Waals surface area contributed by atoms with Crippen molar-refractivity contribution in [3.05, 3.63) is 83.0 Å². The molecule has 0 radical (unpaired) electrons. The maximum Gasteiger partial charge on any atom is 0.239 e. The van der Waals surface area contributed by atoms with Crippen molar-refractivity contribution in [2.75, 3.05) is 10.2 Å². The largest absolute Gasteiger partial charge is 0.355 e. The number of carbonyl (C=O) groups excluding carboxylic acids is 1. The first-order chi connectivity index (χ1) is 21.1. The van der Waals surface area contributed by atoms with Crippen LogP contribution in [0.5, 0.6) is 0 Å². The van der Waals surface area contributed by atoms with Crippen molar-refractivity contribution >= 4 is 29.1 Å². The number of hydrogen-bond donors (Lipinski definition) is 1. The SMILES string of the molecule is C=C(/C=C(N=CCC)\C(C)=C(/C)Nc1ccc(F)nc1F)c1ccc2c(c1)N(C1CC(CCC)C1)C(=O)C2(CCC)CCC. The second kappa shape index (κ2) is 14.4. The number of allylic oxidation sites excluding steroid dienone is 4. The zero-order valence-electron chi connectivity index (χ0n) is 27.3. The Morgan fingerprint density at radius 1 is 1.09 bits per heavy atom. The van der Waals surface area contributed by atoms with E-state index >= 15 is 0 Å². The fourth-order valence-corrected chi connectivity index (χ4v) is 6.84. The first-order valence-corrected chi connectivity index (χ1v) is 16.3. The number of amides is 1. The van der Waals surface area contributed by atoms with E-state index in [4.69, 9.17) is 4.99 Å². The van der Waals surface area contributed by atoms with E-state index in [1.54, 1.807) is 0 Å². The average Bonchev–Trinajstić information content (AvgIpc) is 3.20. The molecule has 0 bridgehead atoms. The maximum absolute atomic E-state index is 14.3. The van der Waals surface area contributed by atoms with Crippen LogP contribution in [0.2, 0.25) is 0 Å². The van der Waals surface area contributed by atoms with Gasteiger partial charge in [-0.1, -0.05) is 72.1 Å². The van der Waals surface area contributed by atoms with E-state index in [2.05, 4.69) is 60.7 Å². The highest BCUT2D eigenvalue weighted by Gasteiger charge is 2.53. The van der Waals surface area contributed by atoms with Crippen LogP contribution in [0.15, 0.2) is 64.9 Å². The minimum atomic E-state index is -0.906. The smallest absolute Gasteiger partial charge is 0.239 e. The molecule has 7 heteroatoms. The normalized spacial score (nSPS) is 20.0. The van der Waals surface area contributed by atoms with Crippen LogP contribution in [0.3, 0.4) is 0 Å². The minimum Gasteiger partial charge on any atom is -0.355 e. The van der Waals surface area contributed by atoms with Crippen molar-refractivity contribution in [2.45, 2.75) is 111 Å². The van der Waals surface area contributed by atoms with Crippen LogP contribution in [0.4, 0.5) is 20.2 Å². The highest BCUT2D eigenvalue weighted by Crippen LogP contribution is 2.52. The quantitative estimate of drug-likeness (QED) is 0.133. The summed E-state index contributed by atoms with van der Waals surface area (Å²) in [6.07, 6.45) is 12.6. The molecule has 1 N–H and O–H groups in total. The van der Waals surface area contributed by atoms with E-state index in [-0.39, 0.29) is 17.6 Å². The summed E-state index contributed by atoms with van der Waals surface area (Å²) in [5, 5.41) is 3.01. The molecule has 1 aliphatic heterocycles. The Balaban J connectivity index is 1.72. The predicted octanol–water partition coefficient (Wildman–Crippen LogP) is 9.91. The number of nitrogens with zero attached hydrogens (tertiary/aromatic N) is 3. The number of anilines is 2. The monoisotopic (exact) mass is 602 g/mol. The van der Waals surface area contributed by atoms with Gasteiger partial charge in [-0.25, -0.2) is 0 Å². The predicted molar refractivity (Wildman–Crippen MR) is 179 cm³/mol. The molecule has 1 saturated carbocycles. The van der Waals surface area contributed by atoms with Crippen molar-refractivity contribution in [3.63, 3.8) is 0 Å². The molecule has 1 fully saturated rings. The molecule has 0 saturated heterocycles. The molecule has 5 nitrogen and oxygen atoms in total. The fraction of sp³-hybridized carbons (Fsp3) is 0.486. The summed E-state index contributed by atoms with van der Waals surface area (Å²) in [5.41, 5.74) is 5.64. The lowest BCUT2D eigenvalue weighted by atomic mass is 9.73. The number of fused-ring (bicyclic) bond motifs is 1. The number of aromatic nitrogens is 1. The third-order valence-electron chi connectivity index (χ3n) is 9.21. The lowest BCUT2D eigenvalue weighted by molar-refractivity contribution is -0.124. The Morgan fingerprint density at radius 3 is 2.41 bits per heavy atom. The number of halogens is 2. The van der Waals surface area contributed by atoms with Crippen molar-refractivity contribution < 1.29 is 13.6 Å². The highest BCUT2D eigenvalue weighted by atomic mass is 19.1. The van der Waals surface area contributed by atoms with Gasteiger partial charge in [0, 0.05) is 23.6 Å². The Bertz CT molecular complexity index is 1460. The van der Waals surface area contributed by atoms with Gasteiger partial charge in [0.2, 0.25) is 17.8 Å². The zero-order valence-corrected chi connectivity index (χ0v) is 27.3. The van der Waals surface area contributed by atoms with Crippen molar-refractivity contribution in [2.24, 2.45) is 10.9 Å². The fourth-order valence-electron chi connectivity index (χ4n) is 6.84. The molecule has 44 heavy (non-hydrogen) atoms. The van der Waals surface area contributed by atoms with Gasteiger partial charge in [-0.3, -0.25) is 9.79 Å². The molecule has 2 aromatic rings. The number of hydrogen-bond acceptors (Lipinski definition) is 4. The molecule has 236 valence electrons. The summed E-state index contributed by atoms with van der Waals surface area (Å²) in [6.45, 7) is 16.7. The van der Waals surface area contributed by atoms with E-state index < -0.39 is 17.3 Å². The van der Waals surface area contributed by atoms with E-state index in [1.807, 2.05) is 33.1 Å². The first kappa shape index (κ1) is 33.3. The van der Waals surface area contributed by atoms with Crippen LogP contribution < -0.4 is 10.2 Å². The van der Waals surface area contributed by atoms with Gasteiger partial charge in [0.1, 0.15) is 0 Å². The van der Waals surface area contributed by atoms with Crippen LogP contribution in [-0.2, 0) is 10.2 Å². The van der Waals surface area contributed by atoms with Gasteiger partial charge in [0.25, 0.3) is 0 Å². The van der Waals surface area contributed by atoms with Crippen LogP contribution in [0.1, 0.15) is 110 Å². The van der Waals surface area contributed by atoms with E-state index in [9.17, 15) is 13.6 Å². The van der Waals surface area contributed by atoms with Crippen molar-refractivity contribution in [1.82, 2.24) is 4.98 Å². The average molecular weight is 603 g/mol. The number of nitrogens with one attached hydrogen (secondary N) is 1. The third kappa shape index (κ3) is 6.72. The second-order valence-electron chi connectivity index (χ2n) is 12.4. The summed E-state index contributed by atoms with van der Waals surface area (Å²) in [6, 6.07) is 9.08. The topological polar surface area (TPSA) is 57.6 Å². The van der Waals surface area contributed by atoms with E-state index in [1.165, 1.54) is 18.9 Å². The van der Waals surface area contributed by atoms with Gasteiger partial charge in [-0.2, -0.15) is 13.8 Å². The molecular formula is C37H48F2N4O. The highest BCUT2D eigenvalue weighted by molar-refractivity contribution is 6.09. The number of benzene rings is 1. The Kier molecular flexibility index (Phi) is 10.9. The van der Waals surface area contributed by atoms with Crippen LogP contribution >= 0.6 is 0 Å². The van der Waals surface area contributed by atoms with E-state index in [0.717, 1.165) is 79.0 Å². The second-order valence-corrected chi connectivity index (χ2v) is 12.4. The van der Waals surface area contributed by atoms with Crippen molar-refractivity contribution in [1.29, 1.82) is 0 Å².